The van der Waals surface area contributed by atoms with Crippen LogP contribution in [-0.2, 0) is 19.1 Å². The van der Waals surface area contributed by atoms with Crippen LogP contribution in [0.3, 0.4) is 0 Å². The lowest BCUT2D eigenvalue weighted by atomic mass is 9.77. The highest BCUT2D eigenvalue weighted by molar-refractivity contribution is 6.19. The Kier molecular flexibility index (Phi) is 4.25. The second-order valence-electron chi connectivity index (χ2n) is 5.07. The normalized spacial score (nSPS) is 18.2. The summed E-state index contributed by atoms with van der Waals surface area (Å²) < 4.78 is 5.33. The topological polar surface area (TPSA) is 102 Å². The van der Waals surface area contributed by atoms with Gasteiger partial charge in [-0.1, -0.05) is 37.3 Å². The van der Waals surface area contributed by atoms with E-state index >= 15 is 0 Å². The monoisotopic (exact) mass is 304 g/mol. The predicted molar refractivity (Wildman–Crippen MR) is 75.4 cm³/mol. The number of imide groups is 2. The number of hydrogen-bond acceptors (Lipinski definition) is 5. The summed E-state index contributed by atoms with van der Waals surface area (Å²) in [4.78, 5) is 47.4. The fourth-order valence-corrected chi connectivity index (χ4v) is 2.20. The van der Waals surface area contributed by atoms with Crippen molar-refractivity contribution >= 4 is 23.8 Å². The Labute approximate surface area is 127 Å². The first-order valence-electron chi connectivity index (χ1n) is 6.81. The summed E-state index contributed by atoms with van der Waals surface area (Å²) in [5.41, 5.74) is -1.24. The quantitative estimate of drug-likeness (QED) is 0.639. The Bertz CT molecular complexity index is 606. The summed E-state index contributed by atoms with van der Waals surface area (Å²) in [6, 6.07) is 7.58. The molecule has 1 unspecified atom stereocenters. The zero-order chi connectivity index (χ0) is 16.3. The van der Waals surface area contributed by atoms with Gasteiger partial charge in [0.25, 0.3) is 0 Å². The molecule has 1 fully saturated rings. The van der Waals surface area contributed by atoms with Crippen molar-refractivity contribution < 1.29 is 23.9 Å². The van der Waals surface area contributed by atoms with Gasteiger partial charge >= 0.3 is 12.0 Å². The second kappa shape index (κ2) is 5.97. The number of barbiturate groups is 1. The number of urea groups is 1. The highest BCUT2D eigenvalue weighted by atomic mass is 16.5. The van der Waals surface area contributed by atoms with Crippen molar-refractivity contribution in [1.29, 1.82) is 0 Å². The molecule has 7 heteroatoms. The van der Waals surface area contributed by atoms with Gasteiger partial charge in [0, 0.05) is 6.42 Å². The van der Waals surface area contributed by atoms with Crippen molar-refractivity contribution in [3.05, 3.63) is 35.9 Å². The molecule has 22 heavy (non-hydrogen) atoms. The molecule has 1 saturated heterocycles. The molecule has 2 N–H and O–H groups in total. The van der Waals surface area contributed by atoms with Crippen LogP contribution in [0.25, 0.3) is 0 Å². The average molecular weight is 304 g/mol. The minimum absolute atomic E-state index is 0.0988. The van der Waals surface area contributed by atoms with Gasteiger partial charge in [-0.3, -0.25) is 25.0 Å². The van der Waals surface area contributed by atoms with Crippen LogP contribution < -0.4 is 10.6 Å². The van der Waals surface area contributed by atoms with Gasteiger partial charge in [0.05, 0.1) is 0 Å². The molecule has 4 amide bonds. The van der Waals surface area contributed by atoms with Crippen LogP contribution in [0.2, 0.25) is 0 Å². The number of nitrogens with one attached hydrogen (secondary N) is 2. The minimum atomic E-state index is -1.74. The van der Waals surface area contributed by atoms with Crippen LogP contribution in [0.5, 0.6) is 0 Å². The first-order chi connectivity index (χ1) is 10.4. The van der Waals surface area contributed by atoms with Crippen LogP contribution in [0.4, 0.5) is 4.79 Å². The third kappa shape index (κ3) is 2.69. The van der Waals surface area contributed by atoms with E-state index < -0.39 is 35.3 Å². The summed E-state index contributed by atoms with van der Waals surface area (Å²) in [6.07, 6.45) is -1.03. The predicted octanol–water partition coefficient (Wildman–Crippen LogP) is 1.05. The van der Waals surface area contributed by atoms with Gasteiger partial charge in [-0.15, -0.1) is 0 Å². The van der Waals surface area contributed by atoms with Gasteiger partial charge in [-0.2, -0.15) is 0 Å². The number of ether oxygens (including phenoxy) is 1. The van der Waals surface area contributed by atoms with Crippen molar-refractivity contribution in [1.82, 2.24) is 10.6 Å². The Balaban J connectivity index is 2.47. The molecule has 0 saturated carbocycles. The first-order valence-corrected chi connectivity index (χ1v) is 6.81. The SMILES string of the molecule is CCC(=O)OC(c1ccccc1)C1(C)C(=O)NC(=O)NC1=O. The van der Waals surface area contributed by atoms with Crippen molar-refractivity contribution in [2.24, 2.45) is 5.41 Å². The molecule has 1 atom stereocenters. The van der Waals surface area contributed by atoms with Gasteiger partial charge in [-0.05, 0) is 12.5 Å². The smallest absolute Gasteiger partial charge is 0.328 e. The molecule has 2 rings (SSSR count). The molecule has 1 aromatic carbocycles. The van der Waals surface area contributed by atoms with E-state index in [0.29, 0.717) is 5.56 Å². The maximum atomic E-state index is 12.2. The maximum Gasteiger partial charge on any atom is 0.328 e. The molecular weight excluding hydrogens is 288 g/mol. The molecule has 1 aliphatic rings. The van der Waals surface area contributed by atoms with Gasteiger partial charge in [-0.25, -0.2) is 4.79 Å². The lowest BCUT2D eigenvalue weighted by Crippen LogP contribution is -2.63. The second-order valence-corrected chi connectivity index (χ2v) is 5.07. The number of carbonyl (C=O) groups is 4. The average Bonchev–Trinajstić information content (AvgIpc) is 2.50. The standard InChI is InChI=1S/C15H16N2O5/c1-3-10(18)22-11(9-7-5-4-6-8-9)15(2)12(19)16-14(21)17-13(15)20/h4-8,11H,3H2,1-2H3,(H2,16,17,19,20,21). The summed E-state index contributed by atoms with van der Waals surface area (Å²) in [5, 5.41) is 4.08. The van der Waals surface area contributed by atoms with Crippen LogP contribution >= 0.6 is 0 Å². The number of esters is 1. The zero-order valence-electron chi connectivity index (χ0n) is 12.2. The van der Waals surface area contributed by atoms with E-state index in [1.165, 1.54) is 6.92 Å². The number of benzene rings is 1. The van der Waals surface area contributed by atoms with E-state index in [9.17, 15) is 19.2 Å². The molecule has 0 aliphatic carbocycles. The van der Waals surface area contributed by atoms with Crippen LogP contribution in [-0.4, -0.2) is 23.8 Å². The molecule has 1 aromatic rings. The number of hydrogen-bond donors (Lipinski definition) is 2. The molecule has 0 radical (unpaired) electrons. The molecule has 116 valence electrons. The van der Waals surface area contributed by atoms with E-state index in [-0.39, 0.29) is 6.42 Å². The fraction of sp³-hybridized carbons (Fsp3) is 0.333. The molecular formula is C15H16N2O5. The molecule has 0 bridgehead atoms. The Morgan fingerprint density at radius 2 is 1.68 bits per heavy atom. The van der Waals surface area contributed by atoms with E-state index in [2.05, 4.69) is 0 Å². The number of amides is 4. The van der Waals surface area contributed by atoms with Crippen LogP contribution in [0.1, 0.15) is 31.9 Å². The third-order valence-electron chi connectivity index (χ3n) is 3.56. The molecule has 1 aliphatic heterocycles. The van der Waals surface area contributed by atoms with E-state index in [4.69, 9.17) is 4.74 Å². The highest BCUT2D eigenvalue weighted by Crippen LogP contribution is 2.39. The molecule has 0 aromatic heterocycles. The van der Waals surface area contributed by atoms with Crippen molar-refractivity contribution in [2.45, 2.75) is 26.4 Å². The Morgan fingerprint density at radius 3 is 2.18 bits per heavy atom. The van der Waals surface area contributed by atoms with Crippen LogP contribution in [0.15, 0.2) is 30.3 Å². The van der Waals surface area contributed by atoms with Gasteiger partial charge < -0.3 is 4.74 Å². The minimum Gasteiger partial charge on any atom is -0.456 e. The van der Waals surface area contributed by atoms with Gasteiger partial charge in [0.2, 0.25) is 11.8 Å². The first kappa shape index (κ1) is 15.7. The van der Waals surface area contributed by atoms with Gasteiger partial charge in [0.1, 0.15) is 6.10 Å². The highest BCUT2D eigenvalue weighted by Gasteiger charge is 2.54. The van der Waals surface area contributed by atoms with E-state index in [1.807, 2.05) is 10.6 Å². The van der Waals surface area contributed by atoms with E-state index in [0.717, 1.165) is 0 Å². The van der Waals surface area contributed by atoms with Crippen molar-refractivity contribution in [2.75, 3.05) is 0 Å². The molecule has 0 spiro atoms. The van der Waals surface area contributed by atoms with E-state index in [1.54, 1.807) is 37.3 Å². The van der Waals surface area contributed by atoms with Crippen molar-refractivity contribution in [3.8, 4) is 0 Å². The van der Waals surface area contributed by atoms with Crippen LogP contribution in [0, 0.1) is 5.41 Å². The largest absolute Gasteiger partial charge is 0.456 e. The summed E-state index contributed by atoms with van der Waals surface area (Å²) in [7, 11) is 0. The Hall–Kier alpha value is -2.70. The number of rotatable bonds is 4. The lowest BCUT2D eigenvalue weighted by Gasteiger charge is -2.36. The third-order valence-corrected chi connectivity index (χ3v) is 3.56. The van der Waals surface area contributed by atoms with Crippen molar-refractivity contribution in [3.63, 3.8) is 0 Å². The lowest BCUT2D eigenvalue weighted by molar-refractivity contribution is -0.165. The molecule has 7 nitrogen and oxygen atoms in total. The summed E-state index contributed by atoms with van der Waals surface area (Å²) in [6.45, 7) is 2.95. The summed E-state index contributed by atoms with van der Waals surface area (Å²) >= 11 is 0. The van der Waals surface area contributed by atoms with Gasteiger partial charge in [0.15, 0.2) is 5.41 Å². The summed E-state index contributed by atoms with van der Waals surface area (Å²) in [5.74, 6) is -2.16. The maximum absolute atomic E-state index is 12.2. The molecule has 1 heterocycles. The zero-order valence-corrected chi connectivity index (χ0v) is 12.2. The Morgan fingerprint density at radius 1 is 1.14 bits per heavy atom. The number of carbonyl (C=O) groups excluding carboxylic acids is 4. The fourth-order valence-electron chi connectivity index (χ4n) is 2.20.